The number of H-pyrrole nitrogens is 1. The number of carbonyl (C=O) groups is 5. The van der Waals surface area contributed by atoms with Gasteiger partial charge in [-0.05, 0) is 30.9 Å². The predicted octanol–water partition coefficient (Wildman–Crippen LogP) is -2.86. The van der Waals surface area contributed by atoms with E-state index in [1.54, 1.807) is 6.20 Å². The molecule has 0 saturated carbocycles. The van der Waals surface area contributed by atoms with Crippen LogP contribution < -0.4 is 38.9 Å². The standard InChI is InChI=1S/C23H33N9O6/c24-14(8-12-10-29-15-5-2-1-4-13(12)15)20(36)31-16(6-3-7-28-23(26)27)22(38)32-17(9-18(25)33)21(37)30-11-19(34)35/h1-2,4-5,10,14,16-17,29H,3,6-9,11,24H2,(H2,25,33)(H,30,37)(H,31,36)(H,32,38)(H,34,35)(H4,26,27,28). The lowest BCUT2D eigenvalue weighted by atomic mass is 10.0. The maximum Gasteiger partial charge on any atom is 0.322 e. The third kappa shape index (κ3) is 9.42. The molecule has 1 aromatic heterocycles. The summed E-state index contributed by atoms with van der Waals surface area (Å²) in [4.78, 5) is 67.5. The van der Waals surface area contributed by atoms with Gasteiger partial charge in [-0.3, -0.25) is 29.0 Å². The van der Waals surface area contributed by atoms with Gasteiger partial charge in [-0.2, -0.15) is 0 Å². The Bertz CT molecular complexity index is 1190. The van der Waals surface area contributed by atoms with E-state index >= 15 is 0 Å². The quantitative estimate of drug-likeness (QED) is 0.0648. The van der Waals surface area contributed by atoms with E-state index in [0.29, 0.717) is 0 Å². The summed E-state index contributed by atoms with van der Waals surface area (Å²) in [5.41, 5.74) is 23.6. The number of hydrogen-bond acceptors (Lipinski definition) is 7. The molecule has 0 aliphatic heterocycles. The van der Waals surface area contributed by atoms with E-state index in [0.717, 1.165) is 16.5 Å². The molecule has 1 heterocycles. The van der Waals surface area contributed by atoms with Crippen molar-refractivity contribution >= 4 is 46.5 Å². The summed E-state index contributed by atoms with van der Waals surface area (Å²) in [6.07, 6.45) is 1.68. The fourth-order valence-corrected chi connectivity index (χ4v) is 3.65. The number of aliphatic imine (C=N–C) groups is 1. The van der Waals surface area contributed by atoms with Crippen molar-refractivity contribution in [2.75, 3.05) is 13.1 Å². The van der Waals surface area contributed by atoms with E-state index in [1.165, 1.54) is 0 Å². The van der Waals surface area contributed by atoms with Gasteiger partial charge in [0, 0.05) is 23.6 Å². The topological polar surface area (TPSA) is 274 Å². The van der Waals surface area contributed by atoms with Crippen molar-refractivity contribution in [2.45, 2.75) is 43.8 Å². The number of para-hydroxylation sites is 1. The number of nitrogens with two attached hydrogens (primary N) is 4. The highest BCUT2D eigenvalue weighted by Gasteiger charge is 2.29. The lowest BCUT2D eigenvalue weighted by Crippen LogP contribution is -2.56. The minimum atomic E-state index is -1.46. The van der Waals surface area contributed by atoms with Crippen LogP contribution >= 0.6 is 0 Å². The molecule has 0 aliphatic rings. The molecule has 206 valence electrons. The van der Waals surface area contributed by atoms with Crippen LogP contribution in [-0.2, 0) is 30.4 Å². The van der Waals surface area contributed by atoms with Crippen LogP contribution in [0.3, 0.4) is 0 Å². The van der Waals surface area contributed by atoms with Crippen molar-refractivity contribution in [3.8, 4) is 0 Å². The Morgan fingerprint density at radius 2 is 1.66 bits per heavy atom. The Labute approximate surface area is 217 Å². The van der Waals surface area contributed by atoms with Crippen LogP contribution in [-0.4, -0.2) is 76.9 Å². The summed E-state index contributed by atoms with van der Waals surface area (Å²) < 4.78 is 0. The number of nitrogens with zero attached hydrogens (tertiary/aromatic N) is 1. The first-order valence-electron chi connectivity index (χ1n) is 11.7. The molecule has 2 rings (SSSR count). The average Bonchev–Trinajstić information content (AvgIpc) is 3.25. The van der Waals surface area contributed by atoms with Crippen molar-refractivity contribution in [3.05, 3.63) is 36.0 Å². The molecule has 0 spiro atoms. The third-order valence-corrected chi connectivity index (χ3v) is 5.48. The number of carboxylic acids is 1. The predicted molar refractivity (Wildman–Crippen MR) is 138 cm³/mol. The van der Waals surface area contributed by atoms with Crippen molar-refractivity contribution < 1.29 is 29.1 Å². The van der Waals surface area contributed by atoms with Crippen LogP contribution in [0.15, 0.2) is 35.5 Å². The molecule has 38 heavy (non-hydrogen) atoms. The zero-order valence-electron chi connectivity index (χ0n) is 20.6. The maximum atomic E-state index is 13.1. The second-order valence-corrected chi connectivity index (χ2v) is 8.52. The molecule has 2 aromatic rings. The molecule has 0 radical (unpaired) electrons. The molecule has 15 nitrogen and oxygen atoms in total. The number of guanidine groups is 1. The number of rotatable bonds is 15. The van der Waals surface area contributed by atoms with Gasteiger partial charge < -0.3 is 49.0 Å². The second kappa shape index (κ2) is 14.2. The highest BCUT2D eigenvalue weighted by molar-refractivity contribution is 5.96. The van der Waals surface area contributed by atoms with Gasteiger partial charge >= 0.3 is 5.97 Å². The van der Waals surface area contributed by atoms with Crippen molar-refractivity contribution in [1.82, 2.24) is 20.9 Å². The summed E-state index contributed by atoms with van der Waals surface area (Å²) in [5.74, 6) is -4.74. The van der Waals surface area contributed by atoms with E-state index in [4.69, 9.17) is 28.0 Å². The number of aromatic amines is 1. The normalized spacial score (nSPS) is 13.1. The third-order valence-electron chi connectivity index (χ3n) is 5.48. The van der Waals surface area contributed by atoms with Gasteiger partial charge in [0.05, 0.1) is 12.5 Å². The smallest absolute Gasteiger partial charge is 0.322 e. The zero-order valence-corrected chi connectivity index (χ0v) is 20.6. The fraction of sp³-hybridized carbons (Fsp3) is 0.391. The summed E-state index contributed by atoms with van der Waals surface area (Å²) in [6, 6.07) is 3.86. The van der Waals surface area contributed by atoms with Crippen LogP contribution in [0.2, 0.25) is 0 Å². The second-order valence-electron chi connectivity index (χ2n) is 8.52. The SMILES string of the molecule is NC(=O)CC(NC(=O)C(CCCN=C(N)N)NC(=O)C(N)Cc1c[nH]c2ccccc12)C(=O)NCC(=O)O. The van der Waals surface area contributed by atoms with Gasteiger partial charge in [-0.25, -0.2) is 0 Å². The van der Waals surface area contributed by atoms with E-state index < -0.39 is 60.7 Å². The van der Waals surface area contributed by atoms with Gasteiger partial charge in [0.2, 0.25) is 23.6 Å². The monoisotopic (exact) mass is 531 g/mol. The minimum absolute atomic E-state index is 0.0637. The summed E-state index contributed by atoms with van der Waals surface area (Å²) >= 11 is 0. The number of aromatic nitrogens is 1. The van der Waals surface area contributed by atoms with Crippen LogP contribution in [0.25, 0.3) is 10.9 Å². The molecule has 0 saturated heterocycles. The first-order valence-corrected chi connectivity index (χ1v) is 11.7. The molecule has 13 N–H and O–H groups in total. The molecule has 15 heteroatoms. The Kier molecular flexibility index (Phi) is 11.0. The zero-order chi connectivity index (χ0) is 28.2. The molecule has 1 aromatic carbocycles. The lowest BCUT2D eigenvalue weighted by molar-refractivity contribution is -0.138. The van der Waals surface area contributed by atoms with Gasteiger partial charge in [-0.15, -0.1) is 0 Å². The fourth-order valence-electron chi connectivity index (χ4n) is 3.65. The summed E-state index contributed by atoms with van der Waals surface area (Å²) in [6.45, 7) is -0.571. The van der Waals surface area contributed by atoms with Crippen LogP contribution in [0.1, 0.15) is 24.8 Å². The van der Waals surface area contributed by atoms with Crippen molar-refractivity contribution in [2.24, 2.45) is 27.9 Å². The van der Waals surface area contributed by atoms with Crippen LogP contribution in [0.4, 0.5) is 0 Å². The van der Waals surface area contributed by atoms with Crippen LogP contribution in [0, 0.1) is 0 Å². The van der Waals surface area contributed by atoms with Gasteiger partial charge in [0.15, 0.2) is 5.96 Å². The Hall–Kier alpha value is -4.66. The van der Waals surface area contributed by atoms with E-state index in [2.05, 4.69) is 25.9 Å². The number of aliphatic carboxylic acids is 1. The Morgan fingerprint density at radius 3 is 2.32 bits per heavy atom. The largest absolute Gasteiger partial charge is 0.480 e. The first kappa shape index (κ1) is 29.6. The van der Waals surface area contributed by atoms with Gasteiger partial charge in [-0.1, -0.05) is 18.2 Å². The number of hydrogen-bond donors (Lipinski definition) is 9. The molecule has 0 bridgehead atoms. The molecule has 3 unspecified atom stereocenters. The minimum Gasteiger partial charge on any atom is -0.480 e. The number of nitrogens with one attached hydrogen (secondary N) is 4. The number of benzene rings is 1. The van der Waals surface area contributed by atoms with Crippen molar-refractivity contribution in [1.29, 1.82) is 0 Å². The Balaban J connectivity index is 2.13. The maximum absolute atomic E-state index is 13.1. The summed E-state index contributed by atoms with van der Waals surface area (Å²) in [5, 5.41) is 16.7. The highest BCUT2D eigenvalue weighted by atomic mass is 16.4. The van der Waals surface area contributed by atoms with Gasteiger partial charge in [0.25, 0.3) is 0 Å². The van der Waals surface area contributed by atoms with E-state index in [-0.39, 0.29) is 31.8 Å². The van der Waals surface area contributed by atoms with Gasteiger partial charge in [0.1, 0.15) is 18.6 Å². The summed E-state index contributed by atoms with van der Waals surface area (Å²) in [7, 11) is 0. The van der Waals surface area contributed by atoms with E-state index in [1.807, 2.05) is 24.3 Å². The number of carboxylic acid groups (broad SMARTS) is 1. The molecule has 0 fully saturated rings. The molecule has 4 amide bonds. The molecular formula is C23H33N9O6. The lowest BCUT2D eigenvalue weighted by Gasteiger charge is -2.23. The number of carbonyl (C=O) groups excluding carboxylic acids is 4. The Morgan fingerprint density at radius 1 is 0.974 bits per heavy atom. The highest BCUT2D eigenvalue weighted by Crippen LogP contribution is 2.18. The molecular weight excluding hydrogens is 498 g/mol. The average molecular weight is 532 g/mol. The number of primary amides is 1. The first-order chi connectivity index (χ1) is 18.0. The van der Waals surface area contributed by atoms with E-state index in [9.17, 15) is 24.0 Å². The molecule has 0 aliphatic carbocycles. The number of amides is 4. The number of fused-ring (bicyclic) bond motifs is 1. The van der Waals surface area contributed by atoms with Crippen LogP contribution in [0.5, 0.6) is 0 Å². The van der Waals surface area contributed by atoms with Crippen molar-refractivity contribution in [3.63, 3.8) is 0 Å². The molecule has 3 atom stereocenters.